The third-order valence-corrected chi connectivity index (χ3v) is 26.1. The number of hydrogen-bond donors (Lipinski definition) is 0. The fraction of sp³-hybridized carbons (Fsp3) is 0.515. The van der Waals surface area contributed by atoms with Gasteiger partial charge in [0, 0.05) is 31.6 Å². The van der Waals surface area contributed by atoms with Crippen LogP contribution in [0.2, 0.25) is 0 Å². The van der Waals surface area contributed by atoms with Gasteiger partial charge >= 0.3 is 0 Å². The maximum atomic E-state index is 9.54. The van der Waals surface area contributed by atoms with Crippen LogP contribution in [-0.2, 0) is 5.16 Å². The molecule has 0 amide bonds. The van der Waals surface area contributed by atoms with Crippen molar-refractivity contribution in [3.8, 4) is 23.7 Å². The van der Waals surface area contributed by atoms with Crippen molar-refractivity contribution in [1.82, 2.24) is 0 Å². The highest BCUT2D eigenvalue weighted by atomic mass is 31.2. The van der Waals surface area contributed by atoms with Crippen molar-refractivity contribution in [3.63, 3.8) is 0 Å². The third-order valence-electron chi connectivity index (χ3n) is 9.47. The molecule has 5 heteroatoms. The fourth-order valence-corrected chi connectivity index (χ4v) is 31.5. The van der Waals surface area contributed by atoms with Crippen LogP contribution in [0.1, 0.15) is 84.6 Å². The Morgan fingerprint density at radius 1 is 0.711 bits per heavy atom. The molecular formula is C33H37N2P3. The van der Waals surface area contributed by atoms with Crippen molar-refractivity contribution < 1.29 is 0 Å². The molecule has 194 valence electrons. The lowest BCUT2D eigenvalue weighted by molar-refractivity contribution is 0.350. The molecule has 2 aromatic carbocycles. The van der Waals surface area contributed by atoms with E-state index in [1.807, 2.05) is 24.3 Å². The zero-order valence-electron chi connectivity index (χ0n) is 24.0. The van der Waals surface area contributed by atoms with E-state index in [4.69, 9.17) is 0 Å². The Bertz CT molecular complexity index is 1480. The topological polar surface area (TPSA) is 47.6 Å². The monoisotopic (exact) mass is 554 g/mol. The normalized spacial score (nSPS) is 37.9. The average Bonchev–Trinajstić information content (AvgIpc) is 3.65. The van der Waals surface area contributed by atoms with Crippen LogP contribution in [0.3, 0.4) is 0 Å². The van der Waals surface area contributed by atoms with Crippen LogP contribution in [0.5, 0.6) is 0 Å². The van der Waals surface area contributed by atoms with Gasteiger partial charge in [-0.3, -0.25) is 0 Å². The molecule has 0 saturated carbocycles. The summed E-state index contributed by atoms with van der Waals surface area (Å²) in [6.07, 6.45) is 0. The Morgan fingerprint density at radius 3 is 1.66 bits per heavy atom. The fourth-order valence-electron chi connectivity index (χ4n) is 8.50. The van der Waals surface area contributed by atoms with Crippen molar-refractivity contribution in [2.24, 2.45) is 16.2 Å². The maximum absolute atomic E-state index is 9.54. The summed E-state index contributed by atoms with van der Waals surface area (Å²) in [5.74, 6) is 3.67. The Balaban J connectivity index is 1.62. The van der Waals surface area contributed by atoms with Crippen molar-refractivity contribution in [2.45, 2.75) is 88.3 Å². The smallest absolute Gasteiger partial charge is 0.0991 e. The van der Waals surface area contributed by atoms with Gasteiger partial charge in [-0.1, -0.05) is 102 Å². The summed E-state index contributed by atoms with van der Waals surface area (Å²) in [5.41, 5.74) is 9.37. The molecular weight excluding hydrogens is 517 g/mol. The molecule has 4 saturated heterocycles. The van der Waals surface area contributed by atoms with Crippen molar-refractivity contribution in [3.05, 3.63) is 70.8 Å². The van der Waals surface area contributed by atoms with E-state index in [1.54, 1.807) is 0 Å². The highest BCUT2D eigenvalue weighted by Crippen LogP contribution is 3.28. The molecule has 2 nitrogen and oxygen atoms in total. The van der Waals surface area contributed by atoms with Gasteiger partial charge in [-0.15, -0.1) is 0 Å². The number of hydrogen-bond acceptors (Lipinski definition) is 2. The molecule has 0 spiro atoms. The van der Waals surface area contributed by atoms with E-state index in [9.17, 15) is 10.5 Å². The van der Waals surface area contributed by atoms with E-state index in [1.165, 1.54) is 5.56 Å². The molecule has 6 rings (SSSR count). The quantitative estimate of drug-likeness (QED) is 0.260. The van der Waals surface area contributed by atoms with E-state index in [2.05, 4.69) is 110 Å². The number of benzene rings is 2. The summed E-state index contributed by atoms with van der Waals surface area (Å²) in [6.45, 7) is 22.5. The van der Waals surface area contributed by atoms with Crippen LogP contribution in [0.15, 0.2) is 48.5 Å². The van der Waals surface area contributed by atoms with Crippen LogP contribution in [0, 0.1) is 50.5 Å². The number of fused-ring (bicyclic) bond motifs is 2. The van der Waals surface area contributed by atoms with Crippen molar-refractivity contribution >= 4 is 23.8 Å². The molecule has 0 bridgehead atoms. The summed E-state index contributed by atoms with van der Waals surface area (Å²) in [5, 5.41) is 19.8. The Kier molecular flexibility index (Phi) is 5.38. The summed E-state index contributed by atoms with van der Waals surface area (Å²) >= 11 is 0. The summed E-state index contributed by atoms with van der Waals surface area (Å²) in [6, 6.07) is 21.2. The SMILES string of the molecule is CC(C)(C)[C@H]1P2[C@@H]3[C@@]2(C(C)(C)C)[P@](C#Cc2ccc(C#N)cc2)[C@]2(C(C)(C)C)P1[C@]32c1ccc(C#N)cc1. The van der Waals surface area contributed by atoms with Gasteiger partial charge in [0.05, 0.1) is 23.3 Å². The molecule has 4 fully saturated rings. The Morgan fingerprint density at radius 2 is 1.21 bits per heavy atom. The Hall–Kier alpha value is -1.73. The molecule has 2 aromatic rings. The highest BCUT2D eigenvalue weighted by molar-refractivity contribution is 8.09. The molecule has 0 aliphatic carbocycles. The van der Waals surface area contributed by atoms with Crippen molar-refractivity contribution in [1.29, 1.82) is 10.5 Å². The summed E-state index contributed by atoms with van der Waals surface area (Å²) in [4.78, 5) is 0.513. The van der Waals surface area contributed by atoms with Gasteiger partial charge in [-0.25, -0.2) is 0 Å². The van der Waals surface area contributed by atoms with Gasteiger partial charge < -0.3 is 0 Å². The second-order valence-electron chi connectivity index (χ2n) is 14.5. The lowest BCUT2D eigenvalue weighted by Gasteiger charge is -2.51. The van der Waals surface area contributed by atoms with Crippen LogP contribution in [-0.4, -0.2) is 20.9 Å². The van der Waals surface area contributed by atoms with Gasteiger partial charge in [-0.2, -0.15) is 10.5 Å². The van der Waals surface area contributed by atoms with Crippen LogP contribution >= 0.6 is 23.8 Å². The lowest BCUT2D eigenvalue weighted by Crippen LogP contribution is -2.39. The molecule has 38 heavy (non-hydrogen) atoms. The van der Waals surface area contributed by atoms with E-state index < -0.39 is 7.92 Å². The van der Waals surface area contributed by atoms with Crippen molar-refractivity contribution in [2.75, 3.05) is 0 Å². The van der Waals surface area contributed by atoms with E-state index in [0.29, 0.717) is 10.5 Å². The highest BCUT2D eigenvalue weighted by Gasteiger charge is 3.08. The standard InChI is InChI=1S/C33H37N2P3/c1-28(2,3)27-37-26-31(25-16-14-24(21-35)15-17-25)33(38(27)31,30(7,8)9)36(32(26,37)29(4,5)6)19-18-22-10-12-23(20-34)13-11-22/h10-17,26-27H,1-9H3/t26-,27-,31+,32+,33+,36-,37?,38?/m0/s1. The first-order valence-corrected chi connectivity index (χ1v) is 17.8. The lowest BCUT2D eigenvalue weighted by atomic mass is 9.76. The molecule has 4 aliphatic heterocycles. The molecule has 0 N–H and O–H groups in total. The summed E-state index contributed by atoms with van der Waals surface area (Å²) in [7, 11) is -0.988. The molecule has 4 heterocycles. The van der Waals surface area contributed by atoms with Gasteiger partial charge in [0.15, 0.2) is 0 Å². The maximum Gasteiger partial charge on any atom is 0.0991 e. The first-order valence-electron chi connectivity index (χ1n) is 13.6. The molecule has 2 unspecified atom stereocenters. The molecule has 4 aliphatic rings. The van der Waals surface area contributed by atoms with Gasteiger partial charge in [0.1, 0.15) is 0 Å². The van der Waals surface area contributed by atoms with E-state index in [0.717, 1.165) is 22.2 Å². The van der Waals surface area contributed by atoms with Gasteiger partial charge in [0.25, 0.3) is 0 Å². The first-order chi connectivity index (χ1) is 17.7. The summed E-state index contributed by atoms with van der Waals surface area (Å²) < 4.78 is 0. The van der Waals surface area contributed by atoms with E-state index >= 15 is 0 Å². The minimum atomic E-state index is -0.579. The van der Waals surface area contributed by atoms with Crippen LogP contribution < -0.4 is 0 Å². The van der Waals surface area contributed by atoms with Crippen LogP contribution in [0.25, 0.3) is 0 Å². The molecule has 0 aromatic heterocycles. The van der Waals surface area contributed by atoms with E-state index in [-0.39, 0.29) is 42.1 Å². The Labute approximate surface area is 232 Å². The molecule has 0 radical (unpaired) electrons. The predicted molar refractivity (Wildman–Crippen MR) is 163 cm³/mol. The predicted octanol–water partition coefficient (Wildman–Crippen LogP) is 9.36. The average molecular weight is 555 g/mol. The zero-order valence-corrected chi connectivity index (χ0v) is 26.7. The minimum Gasteiger partial charge on any atom is -0.192 e. The number of nitriles is 2. The van der Waals surface area contributed by atoms with Gasteiger partial charge in [0.2, 0.25) is 0 Å². The largest absolute Gasteiger partial charge is 0.192 e. The minimum absolute atomic E-state index is 0.133. The molecule has 8 atom stereocenters. The van der Waals surface area contributed by atoms with Gasteiger partial charge in [-0.05, 0) is 66.1 Å². The first kappa shape index (κ1) is 26.5. The number of rotatable bonds is 1. The third kappa shape index (κ3) is 2.81. The van der Waals surface area contributed by atoms with Crippen LogP contribution in [0.4, 0.5) is 0 Å². The second-order valence-corrected chi connectivity index (χ2v) is 23.1. The number of nitrogens with zero attached hydrogens (tertiary/aromatic N) is 2. The second kappa shape index (κ2) is 7.72. The zero-order chi connectivity index (χ0) is 27.7.